The fourth-order valence-electron chi connectivity index (χ4n) is 1.59. The molecule has 0 aromatic heterocycles. The van der Waals surface area contributed by atoms with Crippen molar-refractivity contribution in [3.05, 3.63) is 29.8 Å². The van der Waals surface area contributed by atoms with Crippen molar-refractivity contribution in [1.82, 2.24) is 4.90 Å². The molecule has 0 bridgehead atoms. The molecule has 0 aliphatic rings. The number of likely N-dealkylation sites (N-methyl/N-ethyl adjacent to an activating group) is 1. The first kappa shape index (κ1) is 14.1. The number of hydrogen-bond donors (Lipinski definition) is 0. The molecule has 1 aromatic rings. The lowest BCUT2D eigenvalue weighted by atomic mass is 10.2. The lowest BCUT2D eigenvalue weighted by Crippen LogP contribution is -2.36. The van der Waals surface area contributed by atoms with Crippen LogP contribution in [0.5, 0.6) is 0 Å². The number of benzene rings is 1. The second kappa shape index (κ2) is 6.67. The van der Waals surface area contributed by atoms with Crippen molar-refractivity contribution in [3.63, 3.8) is 0 Å². The number of ether oxygens (including phenoxy) is 1. The molecular weight excluding hydrogens is 234 g/mol. The van der Waals surface area contributed by atoms with E-state index in [9.17, 15) is 4.79 Å². The van der Waals surface area contributed by atoms with Crippen molar-refractivity contribution in [2.24, 2.45) is 0 Å². The van der Waals surface area contributed by atoms with Crippen LogP contribution in [-0.4, -0.2) is 37.3 Å². The van der Waals surface area contributed by atoms with E-state index in [2.05, 4.69) is 18.4 Å². The first-order valence-corrected chi connectivity index (χ1v) is 6.72. The Morgan fingerprint density at radius 3 is 2.71 bits per heavy atom. The van der Waals surface area contributed by atoms with E-state index in [0.29, 0.717) is 0 Å². The predicted molar refractivity (Wildman–Crippen MR) is 71.2 cm³/mol. The summed E-state index contributed by atoms with van der Waals surface area (Å²) in [5, 5.41) is 0. The standard InChI is InChI=1S/C13H19NO2S/c1-10(13(15)16-3)14(2)9-11-7-5-6-8-12(11)17-4/h5-8,10H,9H2,1-4H3/t10-/m1/s1. The Kier molecular flexibility index (Phi) is 5.51. The Bertz CT molecular complexity index is 381. The number of thioether (sulfide) groups is 1. The molecule has 0 saturated carbocycles. The van der Waals surface area contributed by atoms with Gasteiger partial charge in [-0.15, -0.1) is 11.8 Å². The molecule has 0 fully saturated rings. The van der Waals surface area contributed by atoms with Gasteiger partial charge in [0.05, 0.1) is 7.11 Å². The normalized spacial score (nSPS) is 12.5. The quantitative estimate of drug-likeness (QED) is 0.595. The van der Waals surface area contributed by atoms with Crippen molar-refractivity contribution >= 4 is 17.7 Å². The second-order valence-electron chi connectivity index (χ2n) is 3.93. The summed E-state index contributed by atoms with van der Waals surface area (Å²) < 4.78 is 4.74. The number of esters is 1. The molecule has 0 N–H and O–H groups in total. The summed E-state index contributed by atoms with van der Waals surface area (Å²) in [7, 11) is 3.35. The molecular formula is C13H19NO2S. The van der Waals surface area contributed by atoms with Crippen molar-refractivity contribution in [2.45, 2.75) is 24.4 Å². The van der Waals surface area contributed by atoms with Gasteiger partial charge in [-0.2, -0.15) is 0 Å². The number of carbonyl (C=O) groups excluding carboxylic acids is 1. The Morgan fingerprint density at radius 1 is 1.47 bits per heavy atom. The summed E-state index contributed by atoms with van der Waals surface area (Å²) in [6, 6.07) is 8.00. The zero-order chi connectivity index (χ0) is 12.8. The molecule has 1 aromatic carbocycles. The van der Waals surface area contributed by atoms with E-state index >= 15 is 0 Å². The van der Waals surface area contributed by atoms with E-state index in [1.807, 2.05) is 31.0 Å². The van der Waals surface area contributed by atoms with Crippen LogP contribution in [0.25, 0.3) is 0 Å². The average Bonchev–Trinajstić information content (AvgIpc) is 2.37. The van der Waals surface area contributed by atoms with E-state index < -0.39 is 0 Å². The van der Waals surface area contributed by atoms with Gasteiger partial charge < -0.3 is 4.74 Å². The molecule has 0 radical (unpaired) electrons. The minimum Gasteiger partial charge on any atom is -0.468 e. The van der Waals surface area contributed by atoms with Crippen molar-refractivity contribution in [3.8, 4) is 0 Å². The monoisotopic (exact) mass is 253 g/mol. The topological polar surface area (TPSA) is 29.5 Å². The third-order valence-corrected chi connectivity index (χ3v) is 3.65. The first-order valence-electron chi connectivity index (χ1n) is 5.50. The molecule has 0 heterocycles. The molecule has 3 nitrogen and oxygen atoms in total. The van der Waals surface area contributed by atoms with Gasteiger partial charge in [0.15, 0.2) is 0 Å². The average molecular weight is 253 g/mol. The summed E-state index contributed by atoms with van der Waals surface area (Å²) in [4.78, 5) is 14.7. The minimum atomic E-state index is -0.227. The molecule has 0 saturated heterocycles. The highest BCUT2D eigenvalue weighted by molar-refractivity contribution is 7.98. The molecule has 0 aliphatic heterocycles. The van der Waals surface area contributed by atoms with E-state index in [4.69, 9.17) is 4.74 Å². The van der Waals surface area contributed by atoms with E-state index in [1.54, 1.807) is 11.8 Å². The molecule has 94 valence electrons. The number of carbonyl (C=O) groups is 1. The first-order chi connectivity index (χ1) is 8.10. The van der Waals surface area contributed by atoms with Crippen molar-refractivity contribution < 1.29 is 9.53 Å². The lowest BCUT2D eigenvalue weighted by molar-refractivity contribution is -0.145. The Labute approximate surface area is 107 Å². The Hall–Kier alpha value is -1.00. The van der Waals surface area contributed by atoms with Crippen LogP contribution in [0.3, 0.4) is 0 Å². The van der Waals surface area contributed by atoms with Crippen molar-refractivity contribution in [2.75, 3.05) is 20.4 Å². The van der Waals surface area contributed by atoms with Crippen LogP contribution in [0.2, 0.25) is 0 Å². The molecule has 4 heteroatoms. The molecule has 17 heavy (non-hydrogen) atoms. The zero-order valence-corrected chi connectivity index (χ0v) is 11.6. The van der Waals surface area contributed by atoms with Gasteiger partial charge in [-0.25, -0.2) is 0 Å². The third kappa shape index (κ3) is 3.75. The van der Waals surface area contributed by atoms with Gasteiger partial charge in [0, 0.05) is 11.4 Å². The number of methoxy groups -OCH3 is 1. The molecule has 0 amide bonds. The Balaban J connectivity index is 2.73. The van der Waals surface area contributed by atoms with E-state index in [-0.39, 0.29) is 12.0 Å². The maximum Gasteiger partial charge on any atom is 0.322 e. The minimum absolute atomic E-state index is 0.200. The number of hydrogen-bond acceptors (Lipinski definition) is 4. The van der Waals surface area contributed by atoms with Crippen LogP contribution in [0, 0.1) is 0 Å². The van der Waals surface area contributed by atoms with Crippen LogP contribution in [-0.2, 0) is 16.1 Å². The second-order valence-corrected chi connectivity index (χ2v) is 4.77. The lowest BCUT2D eigenvalue weighted by Gasteiger charge is -2.23. The molecule has 1 rings (SSSR count). The summed E-state index contributed by atoms with van der Waals surface area (Å²) in [6.07, 6.45) is 2.06. The van der Waals surface area contributed by atoms with Crippen LogP contribution < -0.4 is 0 Å². The van der Waals surface area contributed by atoms with Crippen LogP contribution in [0.1, 0.15) is 12.5 Å². The smallest absolute Gasteiger partial charge is 0.322 e. The van der Waals surface area contributed by atoms with Gasteiger partial charge in [-0.3, -0.25) is 9.69 Å². The predicted octanol–water partition coefficient (Wildman–Crippen LogP) is 2.40. The number of rotatable bonds is 5. The third-order valence-electron chi connectivity index (χ3n) is 2.82. The SMILES string of the molecule is COC(=O)[C@@H](C)N(C)Cc1ccccc1SC. The highest BCUT2D eigenvalue weighted by atomic mass is 32.2. The summed E-state index contributed by atoms with van der Waals surface area (Å²) in [5.41, 5.74) is 1.23. The highest BCUT2D eigenvalue weighted by Gasteiger charge is 2.19. The van der Waals surface area contributed by atoms with Crippen LogP contribution in [0.15, 0.2) is 29.2 Å². The highest BCUT2D eigenvalue weighted by Crippen LogP contribution is 2.21. The number of nitrogens with zero attached hydrogens (tertiary/aromatic N) is 1. The van der Waals surface area contributed by atoms with Crippen LogP contribution >= 0.6 is 11.8 Å². The van der Waals surface area contributed by atoms with Gasteiger partial charge in [0.1, 0.15) is 6.04 Å². The van der Waals surface area contributed by atoms with Gasteiger partial charge in [0.2, 0.25) is 0 Å². The van der Waals surface area contributed by atoms with Crippen LogP contribution in [0.4, 0.5) is 0 Å². The van der Waals surface area contributed by atoms with E-state index in [1.165, 1.54) is 17.6 Å². The zero-order valence-electron chi connectivity index (χ0n) is 10.8. The van der Waals surface area contributed by atoms with Gasteiger partial charge >= 0.3 is 5.97 Å². The Morgan fingerprint density at radius 2 is 2.12 bits per heavy atom. The summed E-state index contributed by atoms with van der Waals surface area (Å²) >= 11 is 1.72. The maximum atomic E-state index is 11.4. The van der Waals surface area contributed by atoms with Gasteiger partial charge in [0.25, 0.3) is 0 Å². The van der Waals surface area contributed by atoms with Gasteiger partial charge in [-0.05, 0) is 31.9 Å². The van der Waals surface area contributed by atoms with Crippen molar-refractivity contribution in [1.29, 1.82) is 0 Å². The summed E-state index contributed by atoms with van der Waals surface area (Å²) in [5.74, 6) is -0.200. The molecule has 0 aliphatic carbocycles. The molecule has 0 spiro atoms. The molecule has 1 atom stereocenters. The van der Waals surface area contributed by atoms with Gasteiger partial charge in [-0.1, -0.05) is 18.2 Å². The molecule has 0 unspecified atom stereocenters. The van der Waals surface area contributed by atoms with E-state index in [0.717, 1.165) is 6.54 Å². The summed E-state index contributed by atoms with van der Waals surface area (Å²) in [6.45, 7) is 2.60. The fraction of sp³-hybridized carbons (Fsp3) is 0.462. The fourth-order valence-corrected chi connectivity index (χ4v) is 2.20. The maximum absolute atomic E-state index is 11.4. The largest absolute Gasteiger partial charge is 0.468 e.